The SMILES string of the molecule is CCNCC(Cc1cc(C)cc(C)c1)c1ccc(Br)cc1. The van der Waals surface area contributed by atoms with Gasteiger partial charge in [0.2, 0.25) is 0 Å². The highest BCUT2D eigenvalue weighted by molar-refractivity contribution is 9.10. The third kappa shape index (κ3) is 4.98. The van der Waals surface area contributed by atoms with Gasteiger partial charge in [-0.15, -0.1) is 0 Å². The van der Waals surface area contributed by atoms with Crippen LogP contribution in [0.3, 0.4) is 0 Å². The first-order valence-electron chi connectivity index (χ1n) is 7.62. The Morgan fingerprint density at radius 2 is 1.62 bits per heavy atom. The van der Waals surface area contributed by atoms with Crippen LogP contribution in [-0.4, -0.2) is 13.1 Å². The lowest BCUT2D eigenvalue weighted by Crippen LogP contribution is -2.22. The summed E-state index contributed by atoms with van der Waals surface area (Å²) in [4.78, 5) is 0. The number of likely N-dealkylation sites (N-methyl/N-ethyl adjacent to an activating group) is 1. The minimum atomic E-state index is 0.513. The largest absolute Gasteiger partial charge is 0.316 e. The van der Waals surface area contributed by atoms with Gasteiger partial charge in [0, 0.05) is 16.9 Å². The Bertz CT molecular complexity index is 554. The van der Waals surface area contributed by atoms with Gasteiger partial charge in [-0.3, -0.25) is 0 Å². The smallest absolute Gasteiger partial charge is 0.0175 e. The molecule has 2 heteroatoms. The summed E-state index contributed by atoms with van der Waals surface area (Å²) in [6, 6.07) is 15.6. The third-order valence-electron chi connectivity index (χ3n) is 3.75. The average molecular weight is 346 g/mol. The fourth-order valence-electron chi connectivity index (χ4n) is 2.83. The maximum Gasteiger partial charge on any atom is 0.0175 e. The lowest BCUT2D eigenvalue weighted by molar-refractivity contribution is 0.594. The van der Waals surface area contributed by atoms with Gasteiger partial charge in [-0.25, -0.2) is 0 Å². The van der Waals surface area contributed by atoms with Crippen molar-refractivity contribution >= 4 is 15.9 Å². The minimum Gasteiger partial charge on any atom is -0.316 e. The van der Waals surface area contributed by atoms with E-state index in [-0.39, 0.29) is 0 Å². The molecule has 2 aromatic carbocycles. The number of rotatable bonds is 6. The van der Waals surface area contributed by atoms with Gasteiger partial charge in [-0.2, -0.15) is 0 Å². The second-order valence-electron chi connectivity index (χ2n) is 5.76. The van der Waals surface area contributed by atoms with E-state index in [2.05, 4.69) is 84.5 Å². The van der Waals surface area contributed by atoms with Crippen molar-refractivity contribution in [1.82, 2.24) is 5.32 Å². The van der Waals surface area contributed by atoms with Crippen LogP contribution in [0.5, 0.6) is 0 Å². The van der Waals surface area contributed by atoms with E-state index in [0.29, 0.717) is 5.92 Å². The number of benzene rings is 2. The normalized spacial score (nSPS) is 12.4. The highest BCUT2D eigenvalue weighted by Gasteiger charge is 2.12. The summed E-state index contributed by atoms with van der Waals surface area (Å²) in [7, 11) is 0. The molecule has 0 saturated carbocycles. The highest BCUT2D eigenvalue weighted by atomic mass is 79.9. The Labute approximate surface area is 136 Å². The van der Waals surface area contributed by atoms with Gasteiger partial charge in [0.1, 0.15) is 0 Å². The molecule has 0 radical (unpaired) electrons. The van der Waals surface area contributed by atoms with Crippen LogP contribution in [-0.2, 0) is 6.42 Å². The number of nitrogens with one attached hydrogen (secondary N) is 1. The van der Waals surface area contributed by atoms with Gasteiger partial charge in [-0.1, -0.05) is 64.3 Å². The van der Waals surface area contributed by atoms with Crippen LogP contribution in [0.4, 0.5) is 0 Å². The predicted octanol–water partition coefficient (Wildman–Crippen LogP) is 5.00. The Kier molecular flexibility index (Phi) is 6.01. The molecule has 0 saturated heterocycles. The maximum absolute atomic E-state index is 3.52. The summed E-state index contributed by atoms with van der Waals surface area (Å²) < 4.78 is 1.14. The van der Waals surface area contributed by atoms with Crippen LogP contribution in [0.15, 0.2) is 46.9 Å². The van der Waals surface area contributed by atoms with Crippen molar-refractivity contribution < 1.29 is 0 Å². The molecule has 0 bridgehead atoms. The van der Waals surface area contributed by atoms with E-state index >= 15 is 0 Å². The Morgan fingerprint density at radius 3 is 2.19 bits per heavy atom. The first-order valence-corrected chi connectivity index (χ1v) is 8.41. The van der Waals surface area contributed by atoms with Gasteiger partial charge in [0.15, 0.2) is 0 Å². The molecule has 1 N–H and O–H groups in total. The Balaban J connectivity index is 2.21. The lowest BCUT2D eigenvalue weighted by atomic mass is 9.90. The summed E-state index contributed by atoms with van der Waals surface area (Å²) in [5.74, 6) is 0.513. The molecule has 21 heavy (non-hydrogen) atoms. The molecular weight excluding hydrogens is 322 g/mol. The van der Waals surface area contributed by atoms with E-state index in [1.54, 1.807) is 0 Å². The molecule has 0 aliphatic heterocycles. The maximum atomic E-state index is 3.52. The fraction of sp³-hybridized carbons (Fsp3) is 0.368. The first kappa shape index (κ1) is 16.3. The Morgan fingerprint density at radius 1 is 1.00 bits per heavy atom. The van der Waals surface area contributed by atoms with Crippen molar-refractivity contribution in [2.45, 2.75) is 33.1 Å². The summed E-state index contributed by atoms with van der Waals surface area (Å²) in [6.45, 7) is 8.55. The topological polar surface area (TPSA) is 12.0 Å². The molecule has 2 aromatic rings. The molecule has 1 nitrogen and oxygen atoms in total. The average Bonchev–Trinajstić information content (AvgIpc) is 2.43. The van der Waals surface area contributed by atoms with Crippen LogP contribution in [0.2, 0.25) is 0 Å². The van der Waals surface area contributed by atoms with Gasteiger partial charge in [0.05, 0.1) is 0 Å². The number of aryl methyl sites for hydroxylation is 2. The summed E-state index contributed by atoms with van der Waals surface area (Å²) in [5, 5.41) is 3.50. The molecule has 1 atom stereocenters. The van der Waals surface area contributed by atoms with Crippen molar-refractivity contribution in [3.05, 3.63) is 69.2 Å². The van der Waals surface area contributed by atoms with E-state index < -0.39 is 0 Å². The second-order valence-corrected chi connectivity index (χ2v) is 6.67. The molecule has 1 unspecified atom stereocenters. The fourth-order valence-corrected chi connectivity index (χ4v) is 3.10. The van der Waals surface area contributed by atoms with Gasteiger partial charge >= 0.3 is 0 Å². The van der Waals surface area contributed by atoms with Crippen molar-refractivity contribution in [2.24, 2.45) is 0 Å². The standard InChI is InChI=1S/C19H24BrN/c1-4-21-13-18(17-5-7-19(20)8-6-17)12-16-10-14(2)9-15(3)11-16/h5-11,18,21H,4,12-13H2,1-3H3. The summed E-state index contributed by atoms with van der Waals surface area (Å²) in [6.07, 6.45) is 1.08. The van der Waals surface area contributed by atoms with Crippen LogP contribution >= 0.6 is 15.9 Å². The lowest BCUT2D eigenvalue weighted by Gasteiger charge is -2.19. The number of hydrogen-bond donors (Lipinski definition) is 1. The molecule has 2 rings (SSSR count). The molecule has 0 heterocycles. The molecule has 0 amide bonds. The van der Waals surface area contributed by atoms with Crippen molar-refractivity contribution in [3.8, 4) is 0 Å². The second kappa shape index (κ2) is 7.77. The van der Waals surface area contributed by atoms with Crippen molar-refractivity contribution in [2.75, 3.05) is 13.1 Å². The van der Waals surface area contributed by atoms with E-state index in [1.165, 1.54) is 22.3 Å². The van der Waals surface area contributed by atoms with Gasteiger partial charge in [0.25, 0.3) is 0 Å². The van der Waals surface area contributed by atoms with E-state index in [1.807, 2.05) is 0 Å². The Hall–Kier alpha value is -1.12. The molecular formula is C19H24BrN. The van der Waals surface area contributed by atoms with Crippen LogP contribution < -0.4 is 5.32 Å². The van der Waals surface area contributed by atoms with Crippen LogP contribution in [0, 0.1) is 13.8 Å². The summed E-state index contributed by atoms with van der Waals surface area (Å²) in [5.41, 5.74) is 5.53. The van der Waals surface area contributed by atoms with Gasteiger partial charge in [-0.05, 0) is 50.1 Å². The molecule has 0 aliphatic rings. The van der Waals surface area contributed by atoms with E-state index in [4.69, 9.17) is 0 Å². The number of hydrogen-bond acceptors (Lipinski definition) is 1. The zero-order chi connectivity index (χ0) is 15.2. The molecule has 0 aliphatic carbocycles. The van der Waals surface area contributed by atoms with Crippen LogP contribution in [0.25, 0.3) is 0 Å². The van der Waals surface area contributed by atoms with E-state index in [9.17, 15) is 0 Å². The monoisotopic (exact) mass is 345 g/mol. The van der Waals surface area contributed by atoms with Crippen molar-refractivity contribution in [1.29, 1.82) is 0 Å². The molecule has 0 aromatic heterocycles. The minimum absolute atomic E-state index is 0.513. The highest BCUT2D eigenvalue weighted by Crippen LogP contribution is 2.23. The predicted molar refractivity (Wildman–Crippen MR) is 95.0 cm³/mol. The first-order chi connectivity index (χ1) is 10.1. The zero-order valence-electron chi connectivity index (χ0n) is 13.1. The molecule has 112 valence electrons. The zero-order valence-corrected chi connectivity index (χ0v) is 14.7. The van der Waals surface area contributed by atoms with Crippen LogP contribution in [0.1, 0.15) is 35.1 Å². The third-order valence-corrected chi connectivity index (χ3v) is 4.27. The molecule has 0 spiro atoms. The van der Waals surface area contributed by atoms with Gasteiger partial charge < -0.3 is 5.32 Å². The quantitative estimate of drug-likeness (QED) is 0.776. The molecule has 0 fully saturated rings. The van der Waals surface area contributed by atoms with Crippen molar-refractivity contribution in [3.63, 3.8) is 0 Å². The summed E-state index contributed by atoms with van der Waals surface area (Å²) >= 11 is 3.52. The number of halogens is 1. The van der Waals surface area contributed by atoms with E-state index in [0.717, 1.165) is 24.0 Å².